The highest BCUT2D eigenvalue weighted by atomic mass is 16.5. The van der Waals surface area contributed by atoms with Crippen molar-refractivity contribution in [3.8, 4) is 16.9 Å². The van der Waals surface area contributed by atoms with Gasteiger partial charge in [-0.3, -0.25) is 0 Å². The Labute approximate surface area is 120 Å². The average Bonchev–Trinajstić information content (AvgIpc) is 2.73. The van der Waals surface area contributed by atoms with Crippen LogP contribution >= 0.6 is 0 Å². The summed E-state index contributed by atoms with van der Waals surface area (Å²) in [6.07, 6.45) is 6.04. The lowest BCUT2D eigenvalue weighted by atomic mass is 9.86. The van der Waals surface area contributed by atoms with Crippen molar-refractivity contribution in [3.63, 3.8) is 0 Å². The molecule has 3 heteroatoms. The number of methoxy groups -OCH3 is 1. The Kier molecular flexibility index (Phi) is 3.47. The predicted molar refractivity (Wildman–Crippen MR) is 80.8 cm³/mol. The zero-order valence-electron chi connectivity index (χ0n) is 12.8. The van der Waals surface area contributed by atoms with E-state index in [4.69, 9.17) is 9.15 Å². The van der Waals surface area contributed by atoms with Gasteiger partial charge in [-0.05, 0) is 69.4 Å². The highest BCUT2D eigenvalue weighted by molar-refractivity contribution is 5.82. The minimum Gasteiger partial charge on any atom is -0.493 e. The van der Waals surface area contributed by atoms with Gasteiger partial charge in [0.05, 0.1) is 13.4 Å². The Morgan fingerprint density at radius 3 is 2.50 bits per heavy atom. The quantitative estimate of drug-likeness (QED) is 0.832. The number of piperidine rings is 1. The molecule has 0 aromatic carbocycles. The van der Waals surface area contributed by atoms with Crippen LogP contribution in [0.25, 0.3) is 11.1 Å². The van der Waals surface area contributed by atoms with Crippen LogP contribution in [0.1, 0.15) is 35.4 Å². The number of nitrogens with zero attached hydrogens (tertiary/aromatic N) is 1. The number of hydrogen-bond acceptors (Lipinski definition) is 3. The number of hydrogen-bond donors (Lipinski definition) is 0. The largest absolute Gasteiger partial charge is 0.493 e. The smallest absolute Gasteiger partial charge is 0.162 e. The summed E-state index contributed by atoms with van der Waals surface area (Å²) in [6, 6.07) is 0. The molecule has 0 bridgehead atoms. The molecule has 0 radical (unpaired) electrons. The molecule has 3 aliphatic rings. The summed E-state index contributed by atoms with van der Waals surface area (Å²) < 4.78 is 11.0. The molecule has 0 spiro atoms. The standard InChI is InChI=1S/C17H23NO2/c1-11-12(2)16(13-5-7-18(3)8-6-13)17-14(11)9-20-10-15(17)19-4/h9-10,13H,5-8H2,1-4H3. The summed E-state index contributed by atoms with van der Waals surface area (Å²) >= 11 is 0. The van der Waals surface area contributed by atoms with Crippen LogP contribution in [0.2, 0.25) is 0 Å². The summed E-state index contributed by atoms with van der Waals surface area (Å²) in [5.74, 6) is 1.51. The van der Waals surface area contributed by atoms with Gasteiger partial charge in [-0.25, -0.2) is 0 Å². The van der Waals surface area contributed by atoms with E-state index in [-0.39, 0.29) is 0 Å². The molecule has 2 heterocycles. The number of likely N-dealkylation sites (tertiary alicyclic amines) is 1. The Balaban J connectivity index is 2.12. The molecular formula is C17H23NO2. The molecule has 108 valence electrons. The SMILES string of the molecule is COc1cocc2c(C)c(C)c(C3CCN(C)CC3)c1-2. The molecule has 2 aliphatic heterocycles. The first-order valence-corrected chi connectivity index (χ1v) is 7.35. The third kappa shape index (κ3) is 2.01. The molecular weight excluding hydrogens is 250 g/mol. The minimum atomic E-state index is 0.638. The molecule has 1 fully saturated rings. The molecule has 0 N–H and O–H groups in total. The summed E-state index contributed by atoms with van der Waals surface area (Å²) in [4.78, 5) is 2.41. The van der Waals surface area contributed by atoms with Gasteiger partial charge in [-0.2, -0.15) is 0 Å². The van der Waals surface area contributed by atoms with Gasteiger partial charge in [0.1, 0.15) is 6.26 Å². The number of rotatable bonds is 2. The van der Waals surface area contributed by atoms with Crippen molar-refractivity contribution in [2.75, 3.05) is 27.2 Å². The van der Waals surface area contributed by atoms with E-state index in [1.807, 2.05) is 6.26 Å². The van der Waals surface area contributed by atoms with Gasteiger partial charge >= 0.3 is 0 Å². The van der Waals surface area contributed by atoms with Crippen LogP contribution in [-0.2, 0) is 0 Å². The van der Waals surface area contributed by atoms with Crippen molar-refractivity contribution in [1.82, 2.24) is 4.90 Å². The lowest BCUT2D eigenvalue weighted by molar-refractivity contribution is 0.255. The van der Waals surface area contributed by atoms with Gasteiger partial charge in [0, 0.05) is 11.1 Å². The Hall–Kier alpha value is -1.48. The van der Waals surface area contributed by atoms with Crippen LogP contribution < -0.4 is 4.74 Å². The molecule has 0 aromatic rings. The van der Waals surface area contributed by atoms with Crippen LogP contribution in [0.4, 0.5) is 0 Å². The van der Waals surface area contributed by atoms with E-state index in [9.17, 15) is 0 Å². The fourth-order valence-corrected chi connectivity index (χ4v) is 3.52. The zero-order chi connectivity index (χ0) is 14.3. The minimum absolute atomic E-state index is 0.638. The van der Waals surface area contributed by atoms with Crippen LogP contribution in [0.5, 0.6) is 5.75 Å². The number of fused-ring (bicyclic) bond motifs is 1. The van der Waals surface area contributed by atoms with Crippen molar-refractivity contribution >= 4 is 0 Å². The normalized spacial score (nSPS) is 17.8. The Morgan fingerprint density at radius 2 is 1.85 bits per heavy atom. The van der Waals surface area contributed by atoms with Crippen molar-refractivity contribution in [2.45, 2.75) is 32.6 Å². The van der Waals surface area contributed by atoms with Gasteiger partial charge in [0.15, 0.2) is 5.75 Å². The Bertz CT molecular complexity index is 579. The molecule has 0 aromatic heterocycles. The van der Waals surface area contributed by atoms with E-state index in [0.29, 0.717) is 5.92 Å². The van der Waals surface area contributed by atoms with Gasteiger partial charge in [0.2, 0.25) is 0 Å². The van der Waals surface area contributed by atoms with Crippen molar-refractivity contribution in [3.05, 3.63) is 29.2 Å². The summed E-state index contributed by atoms with van der Waals surface area (Å²) in [5.41, 5.74) is 6.70. The average molecular weight is 273 g/mol. The fourth-order valence-electron chi connectivity index (χ4n) is 3.52. The second-order valence-corrected chi connectivity index (χ2v) is 5.97. The number of ether oxygens (including phenoxy) is 1. The summed E-state index contributed by atoms with van der Waals surface area (Å²) in [7, 11) is 3.93. The van der Waals surface area contributed by atoms with Gasteiger partial charge in [-0.15, -0.1) is 0 Å². The van der Waals surface area contributed by atoms with Crippen molar-refractivity contribution in [1.29, 1.82) is 0 Å². The lowest BCUT2D eigenvalue weighted by Gasteiger charge is -2.30. The van der Waals surface area contributed by atoms with Crippen molar-refractivity contribution < 1.29 is 9.15 Å². The van der Waals surface area contributed by atoms with Crippen LogP contribution in [0.3, 0.4) is 0 Å². The third-order valence-corrected chi connectivity index (χ3v) is 4.86. The molecule has 3 nitrogen and oxygen atoms in total. The lowest BCUT2D eigenvalue weighted by Crippen LogP contribution is -2.29. The molecule has 0 atom stereocenters. The maximum atomic E-state index is 5.54. The second kappa shape index (κ2) is 5.13. The monoisotopic (exact) mass is 273 g/mol. The van der Waals surface area contributed by atoms with E-state index in [1.54, 1.807) is 13.4 Å². The first kappa shape index (κ1) is 13.5. The van der Waals surface area contributed by atoms with Gasteiger partial charge in [-0.1, -0.05) is 0 Å². The third-order valence-electron chi connectivity index (χ3n) is 4.86. The van der Waals surface area contributed by atoms with E-state index in [0.717, 1.165) is 5.75 Å². The molecule has 3 rings (SSSR count). The highest BCUT2D eigenvalue weighted by Gasteiger charge is 2.29. The molecule has 0 unspecified atom stereocenters. The predicted octanol–water partition coefficient (Wildman–Crippen LogP) is 3.82. The maximum Gasteiger partial charge on any atom is 0.162 e. The van der Waals surface area contributed by atoms with Gasteiger partial charge in [0.25, 0.3) is 0 Å². The summed E-state index contributed by atoms with van der Waals surface area (Å²) in [6.45, 7) is 6.78. The molecule has 0 amide bonds. The summed E-state index contributed by atoms with van der Waals surface area (Å²) in [5, 5.41) is 0. The first-order chi connectivity index (χ1) is 9.63. The maximum absolute atomic E-state index is 5.54. The first-order valence-electron chi connectivity index (χ1n) is 7.35. The van der Waals surface area contributed by atoms with Crippen LogP contribution in [-0.4, -0.2) is 32.1 Å². The molecule has 20 heavy (non-hydrogen) atoms. The van der Waals surface area contributed by atoms with E-state index in [2.05, 4.69) is 25.8 Å². The topological polar surface area (TPSA) is 25.6 Å². The van der Waals surface area contributed by atoms with Crippen LogP contribution in [0.15, 0.2) is 16.9 Å². The Morgan fingerprint density at radius 1 is 1.15 bits per heavy atom. The molecule has 1 aliphatic carbocycles. The molecule has 1 saturated heterocycles. The second-order valence-electron chi connectivity index (χ2n) is 5.97. The highest BCUT2D eigenvalue weighted by Crippen LogP contribution is 2.47. The zero-order valence-corrected chi connectivity index (χ0v) is 12.8. The molecule has 0 saturated carbocycles. The van der Waals surface area contributed by atoms with Crippen molar-refractivity contribution in [2.24, 2.45) is 0 Å². The van der Waals surface area contributed by atoms with E-state index >= 15 is 0 Å². The van der Waals surface area contributed by atoms with E-state index in [1.165, 1.54) is 53.7 Å². The fraction of sp³-hybridized carbons (Fsp3) is 0.529. The van der Waals surface area contributed by atoms with Gasteiger partial charge < -0.3 is 14.1 Å². The van der Waals surface area contributed by atoms with Crippen LogP contribution in [0, 0.1) is 13.8 Å². The van der Waals surface area contributed by atoms with E-state index < -0.39 is 0 Å².